The minimum absolute atomic E-state index is 0.0848. The first kappa shape index (κ1) is 12.8. The van der Waals surface area contributed by atoms with Crippen LogP contribution in [0.5, 0.6) is 11.5 Å². The van der Waals surface area contributed by atoms with Gasteiger partial charge in [0.1, 0.15) is 11.5 Å². The Labute approximate surface area is 102 Å². The molecule has 1 aromatic rings. The molecule has 0 fully saturated rings. The highest BCUT2D eigenvalue weighted by molar-refractivity contribution is 7.80. The maximum Gasteiger partial charge on any atom is 0.119 e. The van der Waals surface area contributed by atoms with E-state index >= 15 is 0 Å². The minimum atomic E-state index is 0.0848. The summed E-state index contributed by atoms with van der Waals surface area (Å²) in [7, 11) is 0. The van der Waals surface area contributed by atoms with Gasteiger partial charge in [-0.2, -0.15) is 0 Å². The summed E-state index contributed by atoms with van der Waals surface area (Å²) in [5.74, 6) is 1.73. The number of rotatable bonds is 6. The lowest BCUT2D eigenvalue weighted by Crippen LogP contribution is -2.23. The monoisotopic (exact) mass is 239 g/mol. The van der Waals surface area contributed by atoms with Gasteiger partial charge in [-0.05, 0) is 31.2 Å². The van der Waals surface area contributed by atoms with Gasteiger partial charge in [0, 0.05) is 5.92 Å². The van der Waals surface area contributed by atoms with Gasteiger partial charge in [-0.1, -0.05) is 19.1 Å². The lowest BCUT2D eigenvalue weighted by atomic mass is 10.2. The Balaban J connectivity index is 2.46. The number of benzene rings is 1. The molecule has 0 aliphatic heterocycles. The third kappa shape index (κ3) is 4.06. The molecular formula is C12H17NO2S. The molecular weight excluding hydrogens is 222 g/mol. The molecule has 1 aromatic carbocycles. The van der Waals surface area contributed by atoms with Crippen molar-refractivity contribution in [3.05, 3.63) is 24.3 Å². The molecule has 16 heavy (non-hydrogen) atoms. The maximum atomic E-state index is 5.54. The van der Waals surface area contributed by atoms with Crippen molar-refractivity contribution >= 4 is 17.2 Å². The molecule has 0 amide bonds. The van der Waals surface area contributed by atoms with Crippen molar-refractivity contribution in [2.75, 3.05) is 13.2 Å². The van der Waals surface area contributed by atoms with E-state index in [0.717, 1.165) is 11.5 Å². The average Bonchev–Trinajstić information content (AvgIpc) is 2.28. The summed E-state index contributed by atoms with van der Waals surface area (Å²) in [4.78, 5) is 0.478. The van der Waals surface area contributed by atoms with E-state index in [0.29, 0.717) is 18.2 Å². The van der Waals surface area contributed by atoms with E-state index in [-0.39, 0.29) is 5.92 Å². The van der Waals surface area contributed by atoms with Crippen LogP contribution in [0.15, 0.2) is 24.3 Å². The number of nitrogens with two attached hydrogens (primary N) is 1. The summed E-state index contributed by atoms with van der Waals surface area (Å²) in [6.07, 6.45) is 0. The molecule has 0 bridgehead atoms. The molecule has 0 spiro atoms. The number of hydrogen-bond acceptors (Lipinski definition) is 3. The molecule has 1 unspecified atom stereocenters. The predicted octanol–water partition coefficient (Wildman–Crippen LogP) is 2.39. The highest BCUT2D eigenvalue weighted by Crippen LogP contribution is 2.18. The fourth-order valence-corrected chi connectivity index (χ4v) is 1.17. The molecule has 0 saturated heterocycles. The van der Waals surface area contributed by atoms with Gasteiger partial charge in [-0.15, -0.1) is 0 Å². The molecule has 1 rings (SSSR count). The number of hydrogen-bond donors (Lipinski definition) is 1. The molecule has 0 heterocycles. The fourth-order valence-electron chi connectivity index (χ4n) is 1.10. The number of ether oxygens (including phenoxy) is 2. The SMILES string of the molecule is CCOc1ccc(OCC(C)C(N)=S)cc1. The quantitative estimate of drug-likeness (QED) is 0.774. The third-order valence-electron chi connectivity index (χ3n) is 2.12. The molecule has 4 heteroatoms. The van der Waals surface area contributed by atoms with Gasteiger partial charge < -0.3 is 15.2 Å². The predicted molar refractivity (Wildman–Crippen MR) is 69.1 cm³/mol. The van der Waals surface area contributed by atoms with E-state index < -0.39 is 0 Å². The Morgan fingerprint density at radius 1 is 1.25 bits per heavy atom. The zero-order valence-electron chi connectivity index (χ0n) is 9.60. The first-order valence-corrected chi connectivity index (χ1v) is 5.69. The Kier molecular flexibility index (Phi) is 5.05. The summed E-state index contributed by atoms with van der Waals surface area (Å²) in [6.45, 7) is 5.06. The Bertz CT molecular complexity index is 337. The molecule has 88 valence electrons. The molecule has 0 aliphatic carbocycles. The van der Waals surface area contributed by atoms with Crippen LogP contribution < -0.4 is 15.2 Å². The van der Waals surface area contributed by atoms with Crippen molar-refractivity contribution in [2.24, 2.45) is 11.7 Å². The van der Waals surface area contributed by atoms with Gasteiger partial charge >= 0.3 is 0 Å². The molecule has 1 atom stereocenters. The first-order chi connectivity index (χ1) is 7.63. The van der Waals surface area contributed by atoms with E-state index in [9.17, 15) is 0 Å². The Morgan fingerprint density at radius 3 is 2.19 bits per heavy atom. The van der Waals surface area contributed by atoms with Gasteiger partial charge in [-0.3, -0.25) is 0 Å². The number of thiocarbonyl (C=S) groups is 1. The lowest BCUT2D eigenvalue weighted by molar-refractivity contribution is 0.292. The minimum Gasteiger partial charge on any atom is -0.494 e. The van der Waals surface area contributed by atoms with Gasteiger partial charge in [-0.25, -0.2) is 0 Å². The smallest absolute Gasteiger partial charge is 0.119 e. The van der Waals surface area contributed by atoms with Crippen LogP contribution in [0.3, 0.4) is 0 Å². The van der Waals surface area contributed by atoms with Crippen LogP contribution in [-0.4, -0.2) is 18.2 Å². The molecule has 0 aromatic heterocycles. The first-order valence-electron chi connectivity index (χ1n) is 5.28. The van der Waals surface area contributed by atoms with Gasteiger partial charge in [0.05, 0.1) is 18.2 Å². The zero-order valence-corrected chi connectivity index (χ0v) is 10.4. The van der Waals surface area contributed by atoms with E-state index in [1.165, 1.54) is 0 Å². The second kappa shape index (κ2) is 6.33. The van der Waals surface area contributed by atoms with Crippen molar-refractivity contribution in [3.8, 4) is 11.5 Å². The summed E-state index contributed by atoms with van der Waals surface area (Å²) in [5.41, 5.74) is 5.50. The van der Waals surface area contributed by atoms with E-state index in [2.05, 4.69) is 0 Å². The molecule has 0 aliphatic rings. The molecule has 0 radical (unpaired) electrons. The summed E-state index contributed by atoms with van der Waals surface area (Å²) >= 11 is 4.87. The average molecular weight is 239 g/mol. The van der Waals surface area contributed by atoms with Crippen molar-refractivity contribution in [2.45, 2.75) is 13.8 Å². The normalized spacial score (nSPS) is 11.9. The molecule has 3 nitrogen and oxygen atoms in total. The summed E-state index contributed by atoms with van der Waals surface area (Å²) in [6, 6.07) is 7.50. The lowest BCUT2D eigenvalue weighted by Gasteiger charge is -2.11. The van der Waals surface area contributed by atoms with Crippen LogP contribution in [0, 0.1) is 5.92 Å². The van der Waals surface area contributed by atoms with E-state index in [4.69, 9.17) is 27.4 Å². The van der Waals surface area contributed by atoms with Gasteiger partial charge in [0.25, 0.3) is 0 Å². The fraction of sp³-hybridized carbons (Fsp3) is 0.417. The van der Waals surface area contributed by atoms with Crippen molar-refractivity contribution in [1.29, 1.82) is 0 Å². The Hall–Kier alpha value is -1.29. The Morgan fingerprint density at radius 2 is 1.75 bits per heavy atom. The van der Waals surface area contributed by atoms with E-state index in [1.54, 1.807) is 0 Å². The maximum absolute atomic E-state index is 5.54. The van der Waals surface area contributed by atoms with Crippen LogP contribution in [0.2, 0.25) is 0 Å². The zero-order chi connectivity index (χ0) is 12.0. The summed E-state index contributed by atoms with van der Waals surface area (Å²) in [5, 5.41) is 0. The van der Waals surface area contributed by atoms with Crippen LogP contribution in [0.1, 0.15) is 13.8 Å². The van der Waals surface area contributed by atoms with Crippen molar-refractivity contribution < 1.29 is 9.47 Å². The molecule has 2 N–H and O–H groups in total. The second-order valence-electron chi connectivity index (χ2n) is 3.52. The highest BCUT2D eigenvalue weighted by Gasteiger charge is 2.05. The summed E-state index contributed by atoms with van der Waals surface area (Å²) < 4.78 is 10.9. The van der Waals surface area contributed by atoms with Gasteiger partial charge in [0.2, 0.25) is 0 Å². The van der Waals surface area contributed by atoms with Crippen LogP contribution in [-0.2, 0) is 0 Å². The highest BCUT2D eigenvalue weighted by atomic mass is 32.1. The van der Waals surface area contributed by atoms with Gasteiger partial charge in [0.15, 0.2) is 0 Å². The van der Waals surface area contributed by atoms with Crippen LogP contribution in [0.25, 0.3) is 0 Å². The van der Waals surface area contributed by atoms with Crippen LogP contribution in [0.4, 0.5) is 0 Å². The van der Waals surface area contributed by atoms with Crippen molar-refractivity contribution in [3.63, 3.8) is 0 Å². The second-order valence-corrected chi connectivity index (χ2v) is 3.99. The van der Waals surface area contributed by atoms with Crippen molar-refractivity contribution in [1.82, 2.24) is 0 Å². The third-order valence-corrected chi connectivity index (χ3v) is 2.52. The molecule has 0 saturated carbocycles. The van der Waals surface area contributed by atoms with Crippen LogP contribution >= 0.6 is 12.2 Å². The largest absolute Gasteiger partial charge is 0.494 e. The standard InChI is InChI=1S/C12H17NO2S/c1-3-14-10-4-6-11(7-5-10)15-8-9(2)12(13)16/h4-7,9H,3,8H2,1-2H3,(H2,13,16). The van der Waals surface area contributed by atoms with E-state index in [1.807, 2.05) is 38.1 Å². The topological polar surface area (TPSA) is 44.5 Å².